The minimum absolute atomic E-state index is 0.191. The van der Waals surface area contributed by atoms with Crippen molar-refractivity contribution in [3.63, 3.8) is 0 Å². The van der Waals surface area contributed by atoms with Crippen LogP contribution in [0.3, 0.4) is 0 Å². The van der Waals surface area contributed by atoms with Gasteiger partial charge in [0.05, 0.1) is 22.8 Å². The lowest BCUT2D eigenvalue weighted by Gasteiger charge is -2.18. The molecule has 0 aliphatic heterocycles. The van der Waals surface area contributed by atoms with Crippen LogP contribution in [0.4, 0.5) is 13.8 Å². The third kappa shape index (κ3) is 5.10. The maximum absolute atomic E-state index is 13.5. The number of nitrogens with one attached hydrogen (secondary N) is 1. The fraction of sp³-hybridized carbons (Fsp3) is 0.409. The number of carbonyl (C=O) groups is 3. The molecular formula is C22H22ClF2NO5S. The van der Waals surface area contributed by atoms with Crippen LogP contribution in [0.15, 0.2) is 12.1 Å². The summed E-state index contributed by atoms with van der Waals surface area (Å²) in [4.78, 5) is 38.6. The number of rotatable bonds is 6. The fourth-order valence-corrected chi connectivity index (χ4v) is 5.06. The Morgan fingerprint density at radius 2 is 1.94 bits per heavy atom. The standard InChI is InChI=1S/C22H22ClF2NO5S/c1-4-30-22(29)18-12-6-5-10(2)7-17(12)32-20(18)26-19(27)11(3)31-21(28)13-8-15(24)16(25)9-14(13)23/h8-11H,4-7H2,1-3H3,(H,26,27). The molecule has 2 atom stereocenters. The van der Waals surface area contributed by atoms with Crippen LogP contribution in [0.1, 0.15) is 58.3 Å². The monoisotopic (exact) mass is 485 g/mol. The van der Waals surface area contributed by atoms with Crippen LogP contribution in [0.5, 0.6) is 0 Å². The number of carbonyl (C=O) groups excluding carboxylic acids is 3. The number of thiophene rings is 1. The highest BCUT2D eigenvalue weighted by Gasteiger charge is 2.30. The molecule has 0 bridgehead atoms. The summed E-state index contributed by atoms with van der Waals surface area (Å²) in [7, 11) is 0. The van der Waals surface area contributed by atoms with Crippen molar-refractivity contribution in [1.29, 1.82) is 0 Å². The summed E-state index contributed by atoms with van der Waals surface area (Å²) in [5.41, 5.74) is 0.798. The van der Waals surface area contributed by atoms with E-state index in [0.717, 1.165) is 23.3 Å². The molecule has 1 aliphatic carbocycles. The van der Waals surface area contributed by atoms with Gasteiger partial charge in [0.2, 0.25) is 0 Å². The molecule has 1 N–H and O–H groups in total. The smallest absolute Gasteiger partial charge is 0.341 e. The summed E-state index contributed by atoms with van der Waals surface area (Å²) < 4.78 is 36.9. The van der Waals surface area contributed by atoms with Crippen LogP contribution < -0.4 is 5.32 Å². The van der Waals surface area contributed by atoms with E-state index in [1.807, 2.05) is 0 Å². The first-order chi connectivity index (χ1) is 15.1. The Kier molecular flexibility index (Phi) is 7.51. The average molecular weight is 486 g/mol. The number of esters is 2. The molecule has 0 saturated carbocycles. The number of hydrogen-bond donors (Lipinski definition) is 1. The summed E-state index contributed by atoms with van der Waals surface area (Å²) >= 11 is 7.09. The van der Waals surface area contributed by atoms with E-state index in [0.29, 0.717) is 35.0 Å². The van der Waals surface area contributed by atoms with E-state index in [-0.39, 0.29) is 11.6 Å². The van der Waals surface area contributed by atoms with E-state index in [4.69, 9.17) is 21.1 Å². The van der Waals surface area contributed by atoms with Crippen LogP contribution >= 0.6 is 22.9 Å². The maximum atomic E-state index is 13.5. The summed E-state index contributed by atoms with van der Waals surface area (Å²) in [5, 5.41) is 2.64. The number of anilines is 1. The quantitative estimate of drug-likeness (QED) is 0.451. The minimum atomic E-state index is -1.29. The molecule has 1 aromatic carbocycles. The van der Waals surface area contributed by atoms with Crippen molar-refractivity contribution >= 4 is 45.8 Å². The maximum Gasteiger partial charge on any atom is 0.341 e. The lowest BCUT2D eigenvalue weighted by atomic mass is 9.88. The Bertz CT molecular complexity index is 1070. The highest BCUT2D eigenvalue weighted by Crippen LogP contribution is 2.40. The Labute approximate surface area is 192 Å². The zero-order valence-corrected chi connectivity index (χ0v) is 19.3. The molecule has 172 valence electrons. The van der Waals surface area contributed by atoms with E-state index in [9.17, 15) is 23.2 Å². The number of benzene rings is 1. The molecule has 1 aromatic heterocycles. The fourth-order valence-electron chi connectivity index (χ4n) is 3.43. The molecule has 3 rings (SSSR count). The van der Waals surface area contributed by atoms with Crippen LogP contribution in [-0.4, -0.2) is 30.6 Å². The molecule has 1 heterocycles. The SMILES string of the molecule is CCOC(=O)c1c(NC(=O)C(C)OC(=O)c2cc(F)c(F)cc2Cl)sc2c1CCC(C)C2. The number of halogens is 3. The molecular weight excluding hydrogens is 464 g/mol. The van der Waals surface area contributed by atoms with Gasteiger partial charge in [-0.1, -0.05) is 18.5 Å². The number of amides is 1. The molecule has 2 unspecified atom stereocenters. The first-order valence-electron chi connectivity index (χ1n) is 10.1. The van der Waals surface area contributed by atoms with Gasteiger partial charge < -0.3 is 14.8 Å². The molecule has 1 amide bonds. The van der Waals surface area contributed by atoms with Gasteiger partial charge in [-0.3, -0.25) is 4.79 Å². The van der Waals surface area contributed by atoms with Crippen LogP contribution in [0, 0.1) is 17.6 Å². The topological polar surface area (TPSA) is 81.7 Å². The number of fused-ring (bicyclic) bond motifs is 1. The summed E-state index contributed by atoms with van der Waals surface area (Å²) in [6, 6.07) is 1.26. The van der Waals surface area contributed by atoms with Gasteiger partial charge in [0.15, 0.2) is 17.7 Å². The van der Waals surface area contributed by atoms with Crippen molar-refractivity contribution < 1.29 is 32.6 Å². The van der Waals surface area contributed by atoms with Gasteiger partial charge in [0.1, 0.15) is 5.00 Å². The van der Waals surface area contributed by atoms with Crippen molar-refractivity contribution in [3.05, 3.63) is 50.4 Å². The molecule has 10 heteroatoms. The van der Waals surface area contributed by atoms with Crippen molar-refractivity contribution in [2.24, 2.45) is 5.92 Å². The predicted octanol–water partition coefficient (Wildman–Crippen LogP) is 5.17. The second kappa shape index (κ2) is 9.95. The first kappa shape index (κ1) is 24.1. The Balaban J connectivity index is 1.78. The van der Waals surface area contributed by atoms with Crippen LogP contribution in [-0.2, 0) is 27.1 Å². The highest BCUT2D eigenvalue weighted by molar-refractivity contribution is 7.17. The lowest BCUT2D eigenvalue weighted by Crippen LogP contribution is -2.30. The van der Waals surface area contributed by atoms with Gasteiger partial charge in [-0.25, -0.2) is 18.4 Å². The molecule has 0 radical (unpaired) electrons. The molecule has 0 spiro atoms. The van der Waals surface area contributed by atoms with Crippen molar-refractivity contribution in [2.75, 3.05) is 11.9 Å². The van der Waals surface area contributed by atoms with E-state index < -0.39 is 41.1 Å². The van der Waals surface area contributed by atoms with Gasteiger partial charge >= 0.3 is 11.9 Å². The second-order valence-electron chi connectivity index (χ2n) is 7.56. The molecule has 32 heavy (non-hydrogen) atoms. The van der Waals surface area contributed by atoms with Crippen LogP contribution in [0.25, 0.3) is 0 Å². The Morgan fingerprint density at radius 1 is 1.25 bits per heavy atom. The summed E-state index contributed by atoms with van der Waals surface area (Å²) in [5.74, 6) is -4.31. The average Bonchev–Trinajstić information content (AvgIpc) is 3.07. The zero-order chi connectivity index (χ0) is 23.6. The second-order valence-corrected chi connectivity index (χ2v) is 9.07. The van der Waals surface area contributed by atoms with Crippen molar-refractivity contribution in [2.45, 2.75) is 46.1 Å². The van der Waals surface area contributed by atoms with Gasteiger partial charge in [0, 0.05) is 4.88 Å². The Hall–Kier alpha value is -2.52. The van der Waals surface area contributed by atoms with Gasteiger partial charge in [-0.05, 0) is 56.7 Å². The van der Waals surface area contributed by atoms with E-state index in [1.54, 1.807) is 6.92 Å². The molecule has 1 aliphatic rings. The molecule has 2 aromatic rings. The van der Waals surface area contributed by atoms with E-state index in [2.05, 4.69) is 12.2 Å². The first-order valence-corrected chi connectivity index (χ1v) is 11.3. The number of hydrogen-bond acceptors (Lipinski definition) is 6. The summed E-state index contributed by atoms with van der Waals surface area (Å²) in [6.07, 6.45) is 1.13. The van der Waals surface area contributed by atoms with Crippen molar-refractivity contribution in [1.82, 2.24) is 0 Å². The Morgan fingerprint density at radius 3 is 2.62 bits per heavy atom. The number of ether oxygens (including phenoxy) is 2. The van der Waals surface area contributed by atoms with E-state index >= 15 is 0 Å². The normalized spacial score (nSPS) is 16.1. The third-order valence-corrected chi connectivity index (χ3v) is 6.59. The van der Waals surface area contributed by atoms with Gasteiger partial charge in [-0.2, -0.15) is 0 Å². The third-order valence-electron chi connectivity index (χ3n) is 5.11. The molecule has 0 saturated heterocycles. The molecule has 0 fully saturated rings. The van der Waals surface area contributed by atoms with Gasteiger partial charge in [0.25, 0.3) is 5.91 Å². The van der Waals surface area contributed by atoms with Crippen molar-refractivity contribution in [3.8, 4) is 0 Å². The molecule has 6 nitrogen and oxygen atoms in total. The lowest BCUT2D eigenvalue weighted by molar-refractivity contribution is -0.123. The van der Waals surface area contributed by atoms with Crippen LogP contribution in [0.2, 0.25) is 5.02 Å². The van der Waals surface area contributed by atoms with E-state index in [1.165, 1.54) is 18.3 Å². The predicted molar refractivity (Wildman–Crippen MR) is 116 cm³/mol. The minimum Gasteiger partial charge on any atom is -0.462 e. The highest BCUT2D eigenvalue weighted by atomic mass is 35.5. The largest absolute Gasteiger partial charge is 0.462 e. The van der Waals surface area contributed by atoms with Gasteiger partial charge in [-0.15, -0.1) is 11.3 Å². The zero-order valence-electron chi connectivity index (χ0n) is 17.7. The summed E-state index contributed by atoms with van der Waals surface area (Å²) in [6.45, 7) is 5.33.